The minimum Gasteiger partial charge on any atom is -0.394 e. The van der Waals surface area contributed by atoms with Gasteiger partial charge in [0.1, 0.15) is 24.1 Å². The van der Waals surface area contributed by atoms with Gasteiger partial charge in [0.2, 0.25) is 5.91 Å². The van der Waals surface area contributed by atoms with Gasteiger partial charge in [-0.3, -0.25) is 9.36 Å². The van der Waals surface area contributed by atoms with Crippen molar-refractivity contribution in [2.24, 2.45) is 11.5 Å². The third-order valence-corrected chi connectivity index (χ3v) is 5.10. The number of ether oxygens (including phenoxy) is 1. The van der Waals surface area contributed by atoms with Crippen LogP contribution in [0, 0.1) is 0 Å². The Bertz CT molecular complexity index is 923. The zero-order valence-electron chi connectivity index (χ0n) is 16.7. The lowest BCUT2D eigenvalue weighted by Crippen LogP contribution is -2.53. The van der Waals surface area contributed by atoms with Gasteiger partial charge in [-0.2, -0.15) is 0 Å². The van der Waals surface area contributed by atoms with Crippen LogP contribution in [0.5, 0.6) is 0 Å². The maximum atomic E-state index is 12.5. The van der Waals surface area contributed by atoms with E-state index in [0.717, 1.165) is 0 Å². The van der Waals surface area contributed by atoms with E-state index >= 15 is 0 Å². The van der Waals surface area contributed by atoms with Gasteiger partial charge in [0, 0.05) is 6.54 Å². The van der Waals surface area contributed by atoms with Gasteiger partial charge in [-0.05, 0) is 19.3 Å². The second-order valence-electron chi connectivity index (χ2n) is 7.25. The first-order chi connectivity index (χ1) is 14.8. The Morgan fingerprint density at radius 2 is 2.06 bits per heavy atom. The van der Waals surface area contributed by atoms with Crippen LogP contribution >= 0.6 is 0 Å². The molecule has 31 heavy (non-hydrogen) atoms. The summed E-state index contributed by atoms with van der Waals surface area (Å²) in [5, 5.41) is 25.6. The maximum absolute atomic E-state index is 12.5. The molecule has 0 bridgehead atoms. The highest BCUT2D eigenvalue weighted by atomic mass is 16.5. The van der Waals surface area contributed by atoms with Crippen molar-refractivity contribution in [1.82, 2.24) is 30.2 Å². The van der Waals surface area contributed by atoms with Gasteiger partial charge in [0.25, 0.3) is 0 Å². The minimum absolute atomic E-state index is 0.178. The summed E-state index contributed by atoms with van der Waals surface area (Å²) in [5.41, 5.74) is 17.4. The lowest BCUT2D eigenvalue weighted by atomic mass is 10.0. The first kappa shape index (κ1) is 22.6. The third kappa shape index (κ3) is 4.99. The Balaban J connectivity index is 1.62. The van der Waals surface area contributed by atoms with Crippen LogP contribution in [-0.2, 0) is 9.53 Å². The van der Waals surface area contributed by atoms with Crippen LogP contribution in [0.2, 0.25) is 0 Å². The summed E-state index contributed by atoms with van der Waals surface area (Å²) < 4.78 is 7.23. The van der Waals surface area contributed by atoms with E-state index in [-0.39, 0.29) is 5.82 Å². The fraction of sp³-hybridized carbons (Fsp3) is 0.588. The average Bonchev–Trinajstić information content (AvgIpc) is 3.29. The molecule has 0 saturated carbocycles. The molecule has 0 spiro atoms. The molecule has 0 aliphatic carbocycles. The zero-order valence-corrected chi connectivity index (χ0v) is 16.7. The van der Waals surface area contributed by atoms with Crippen molar-refractivity contribution in [2.45, 2.75) is 49.8 Å². The topological polar surface area (TPSA) is 230 Å². The number of nitrogens with two attached hydrogens (primary N) is 3. The second kappa shape index (κ2) is 9.82. The maximum Gasteiger partial charge on any atom is 0.312 e. The number of nitrogens with zero attached hydrogens (tertiary/aromatic N) is 4. The van der Waals surface area contributed by atoms with Crippen molar-refractivity contribution in [3.8, 4) is 0 Å². The van der Waals surface area contributed by atoms with Crippen LogP contribution in [0.4, 0.5) is 10.6 Å². The van der Waals surface area contributed by atoms with E-state index in [1.165, 1.54) is 17.2 Å². The summed E-state index contributed by atoms with van der Waals surface area (Å²) in [6, 6.07) is -2.34. The van der Waals surface area contributed by atoms with Crippen molar-refractivity contribution >= 4 is 28.9 Å². The van der Waals surface area contributed by atoms with Crippen molar-refractivity contribution in [1.29, 1.82) is 0 Å². The summed E-state index contributed by atoms with van der Waals surface area (Å²) in [6.45, 7) is -0.0453. The summed E-state index contributed by atoms with van der Waals surface area (Å²) in [6.07, 6.45) is 1.19. The number of hydrogen-bond donors (Lipinski definition) is 7. The SMILES string of the molecule is NC(=O)NCCCC[C@H](N)C(=O)N[C@H]1[C@@H](O)[C@H](n2cnc3c(N)ncnc32)O[C@@H]1CO. The first-order valence-corrected chi connectivity index (χ1v) is 9.80. The third-order valence-electron chi connectivity index (χ3n) is 5.10. The van der Waals surface area contributed by atoms with Crippen molar-refractivity contribution in [3.05, 3.63) is 12.7 Å². The molecule has 3 amide bonds. The molecule has 1 fully saturated rings. The van der Waals surface area contributed by atoms with E-state index in [1.54, 1.807) is 0 Å². The molecule has 1 aliphatic heterocycles. The van der Waals surface area contributed by atoms with Crippen molar-refractivity contribution in [3.63, 3.8) is 0 Å². The number of amides is 3. The highest BCUT2D eigenvalue weighted by Gasteiger charge is 2.46. The first-order valence-electron chi connectivity index (χ1n) is 9.80. The van der Waals surface area contributed by atoms with Crippen molar-refractivity contribution in [2.75, 3.05) is 18.9 Å². The van der Waals surface area contributed by atoms with Crippen LogP contribution in [0.1, 0.15) is 25.5 Å². The molecular formula is C17H27N9O5. The molecule has 0 aromatic carbocycles. The molecule has 3 heterocycles. The number of urea groups is 1. The number of anilines is 1. The second-order valence-corrected chi connectivity index (χ2v) is 7.25. The number of imidazole rings is 1. The number of carbonyl (C=O) groups excluding carboxylic acids is 2. The normalized spacial score (nSPS) is 24.2. The average molecular weight is 437 g/mol. The molecule has 14 nitrogen and oxygen atoms in total. The number of carbonyl (C=O) groups is 2. The number of unbranched alkanes of at least 4 members (excludes halogenated alkanes) is 1. The standard InChI is InChI=1S/C17H27N9O5/c18-8(3-1-2-4-21-17(20)30)15(29)25-10-9(5-27)31-16(12(10)28)26-7-24-11-13(19)22-6-23-14(11)26/h6-10,12,16,27-28H,1-5,18H2,(H,25,29)(H2,19,22,23)(H3,20,21,30)/t8-,9+,10+,12+,16+/m0/s1. The van der Waals surface area contributed by atoms with E-state index in [0.29, 0.717) is 37.0 Å². The monoisotopic (exact) mass is 437 g/mol. The number of aliphatic hydroxyl groups is 2. The summed E-state index contributed by atoms with van der Waals surface area (Å²) in [5.74, 6) is -0.312. The number of primary amides is 1. The lowest BCUT2D eigenvalue weighted by Gasteiger charge is -2.22. The molecule has 1 saturated heterocycles. The molecule has 10 N–H and O–H groups in total. The molecular weight excluding hydrogens is 410 g/mol. The highest BCUT2D eigenvalue weighted by molar-refractivity contribution is 5.82. The summed E-state index contributed by atoms with van der Waals surface area (Å²) in [7, 11) is 0. The Labute approximate surface area is 177 Å². The van der Waals surface area contributed by atoms with Crippen LogP contribution < -0.4 is 27.8 Å². The molecule has 2 aromatic rings. The largest absolute Gasteiger partial charge is 0.394 e. The number of nitrogens with one attached hydrogen (secondary N) is 2. The zero-order chi connectivity index (χ0) is 22.5. The number of aromatic nitrogens is 4. The van der Waals surface area contributed by atoms with E-state index < -0.39 is 49.1 Å². The van der Waals surface area contributed by atoms with Crippen LogP contribution in [-0.4, -0.2) is 79.1 Å². The van der Waals surface area contributed by atoms with E-state index in [9.17, 15) is 19.8 Å². The van der Waals surface area contributed by atoms with Gasteiger partial charge >= 0.3 is 6.03 Å². The Kier molecular flexibility index (Phi) is 7.17. The fourth-order valence-corrected chi connectivity index (χ4v) is 3.47. The molecule has 2 aromatic heterocycles. The number of aliphatic hydroxyl groups excluding tert-OH is 2. The molecule has 14 heteroatoms. The molecule has 0 unspecified atom stereocenters. The smallest absolute Gasteiger partial charge is 0.312 e. The van der Waals surface area contributed by atoms with Gasteiger partial charge in [-0.25, -0.2) is 19.7 Å². The summed E-state index contributed by atoms with van der Waals surface area (Å²) >= 11 is 0. The Morgan fingerprint density at radius 1 is 1.29 bits per heavy atom. The van der Waals surface area contributed by atoms with E-state index in [1.807, 2.05) is 0 Å². The highest BCUT2D eigenvalue weighted by Crippen LogP contribution is 2.32. The number of fused-ring (bicyclic) bond motifs is 1. The molecule has 0 radical (unpaired) electrons. The van der Waals surface area contributed by atoms with E-state index in [4.69, 9.17) is 21.9 Å². The fourth-order valence-electron chi connectivity index (χ4n) is 3.47. The van der Waals surface area contributed by atoms with Gasteiger partial charge < -0.3 is 42.8 Å². The number of hydrogen-bond acceptors (Lipinski definition) is 10. The number of rotatable bonds is 9. The Morgan fingerprint density at radius 3 is 2.77 bits per heavy atom. The van der Waals surface area contributed by atoms with Crippen LogP contribution in [0.3, 0.4) is 0 Å². The predicted molar refractivity (Wildman–Crippen MR) is 108 cm³/mol. The molecule has 1 aliphatic rings. The quantitative estimate of drug-likeness (QED) is 0.201. The lowest BCUT2D eigenvalue weighted by molar-refractivity contribution is -0.124. The van der Waals surface area contributed by atoms with Gasteiger partial charge in [0.05, 0.1) is 25.0 Å². The predicted octanol–water partition coefficient (Wildman–Crippen LogP) is -2.69. The molecule has 170 valence electrons. The summed E-state index contributed by atoms with van der Waals surface area (Å²) in [4.78, 5) is 35.3. The van der Waals surface area contributed by atoms with Gasteiger partial charge in [-0.1, -0.05) is 0 Å². The van der Waals surface area contributed by atoms with Gasteiger partial charge in [-0.15, -0.1) is 0 Å². The number of nitrogen functional groups attached to an aromatic ring is 1. The van der Waals surface area contributed by atoms with Crippen LogP contribution in [0.25, 0.3) is 11.2 Å². The molecule has 3 rings (SSSR count). The Hall–Kier alpha value is -3.07. The van der Waals surface area contributed by atoms with Crippen molar-refractivity contribution < 1.29 is 24.5 Å². The van der Waals surface area contributed by atoms with E-state index in [2.05, 4.69) is 25.6 Å². The minimum atomic E-state index is -1.21. The van der Waals surface area contributed by atoms with Crippen LogP contribution in [0.15, 0.2) is 12.7 Å². The molecule has 5 atom stereocenters. The van der Waals surface area contributed by atoms with Gasteiger partial charge in [0.15, 0.2) is 17.7 Å².